The molecule has 2 heteroatoms. The van der Waals surface area contributed by atoms with E-state index < -0.39 is 0 Å². The van der Waals surface area contributed by atoms with Crippen LogP contribution in [0.2, 0.25) is 0 Å². The van der Waals surface area contributed by atoms with E-state index in [0.29, 0.717) is 0 Å². The van der Waals surface area contributed by atoms with E-state index in [2.05, 4.69) is 205 Å². The Morgan fingerprint density at radius 3 is 1.16 bits per heavy atom. The first-order valence-electron chi connectivity index (χ1n) is 21.3. The average Bonchev–Trinajstić information content (AvgIpc) is 3.36. The Labute approximate surface area is 358 Å². The second-order valence-electron chi connectivity index (χ2n) is 16.4. The topological polar surface area (TPSA) is 25.8 Å². The summed E-state index contributed by atoms with van der Waals surface area (Å²) in [6.07, 6.45) is 1.85. The van der Waals surface area contributed by atoms with E-state index in [1.54, 1.807) is 0 Å². The lowest BCUT2D eigenvalue weighted by atomic mass is 9.88. The first kappa shape index (κ1) is 34.6. The highest BCUT2D eigenvalue weighted by molar-refractivity contribution is 6.27. The summed E-state index contributed by atoms with van der Waals surface area (Å²) >= 11 is 0. The molecule has 0 radical (unpaired) electrons. The molecule has 0 amide bonds. The third-order valence-corrected chi connectivity index (χ3v) is 13.1. The molecular weight excluding hydrogens is 749 g/mol. The van der Waals surface area contributed by atoms with Crippen LogP contribution in [0.3, 0.4) is 0 Å². The largest absolute Gasteiger partial charge is 0.256 e. The summed E-state index contributed by atoms with van der Waals surface area (Å²) in [7, 11) is 0. The number of hydrogen-bond acceptors (Lipinski definition) is 2. The first-order chi connectivity index (χ1) is 30.7. The van der Waals surface area contributed by atoms with Gasteiger partial charge in [-0.1, -0.05) is 176 Å². The zero-order chi connectivity index (χ0) is 40.7. The quantitative estimate of drug-likeness (QED) is 0.166. The van der Waals surface area contributed by atoms with Crippen LogP contribution >= 0.6 is 0 Å². The Hall–Kier alpha value is -8.20. The molecule has 0 fully saturated rings. The van der Waals surface area contributed by atoms with Crippen LogP contribution in [0.5, 0.6) is 0 Å². The van der Waals surface area contributed by atoms with Crippen LogP contribution < -0.4 is 0 Å². The van der Waals surface area contributed by atoms with Crippen LogP contribution in [0, 0.1) is 0 Å². The molecule has 2 heterocycles. The predicted octanol–water partition coefficient (Wildman–Crippen LogP) is 16.4. The molecule has 0 aliphatic rings. The summed E-state index contributed by atoms with van der Waals surface area (Å²) < 4.78 is 0. The fraction of sp³-hybridized carbons (Fsp3) is 0. The van der Waals surface area contributed by atoms with Gasteiger partial charge in [-0.15, -0.1) is 0 Å². The van der Waals surface area contributed by atoms with E-state index in [4.69, 9.17) is 4.98 Å². The Morgan fingerprint density at radius 1 is 0.226 bits per heavy atom. The van der Waals surface area contributed by atoms with Crippen LogP contribution in [0.4, 0.5) is 0 Å². The molecule has 13 rings (SSSR count). The zero-order valence-electron chi connectivity index (χ0n) is 33.7. The van der Waals surface area contributed by atoms with E-state index in [-0.39, 0.29) is 0 Å². The molecule has 286 valence electrons. The van der Waals surface area contributed by atoms with Gasteiger partial charge in [-0.25, -0.2) is 4.98 Å². The van der Waals surface area contributed by atoms with Gasteiger partial charge in [0.05, 0.1) is 16.9 Å². The molecule has 0 N–H and O–H groups in total. The minimum atomic E-state index is 0.947. The lowest BCUT2D eigenvalue weighted by Gasteiger charge is -2.17. The molecule has 0 aliphatic carbocycles. The van der Waals surface area contributed by atoms with E-state index in [1.807, 2.05) is 18.3 Å². The number of aromatic nitrogens is 2. The number of fused-ring (bicyclic) bond motifs is 15. The third-order valence-electron chi connectivity index (χ3n) is 13.1. The molecule has 2 aromatic heterocycles. The van der Waals surface area contributed by atoms with Gasteiger partial charge >= 0.3 is 0 Å². The van der Waals surface area contributed by atoms with Gasteiger partial charge in [0.2, 0.25) is 0 Å². The molecule has 0 unspecified atom stereocenters. The fourth-order valence-corrected chi connectivity index (χ4v) is 10.2. The summed E-state index contributed by atoms with van der Waals surface area (Å²) in [6.45, 7) is 0. The predicted molar refractivity (Wildman–Crippen MR) is 264 cm³/mol. The van der Waals surface area contributed by atoms with Crippen molar-refractivity contribution < 1.29 is 0 Å². The van der Waals surface area contributed by atoms with Crippen molar-refractivity contribution in [1.29, 1.82) is 0 Å². The van der Waals surface area contributed by atoms with Crippen molar-refractivity contribution in [3.8, 4) is 44.8 Å². The maximum Gasteiger partial charge on any atom is 0.0794 e. The number of hydrogen-bond donors (Lipinski definition) is 0. The monoisotopic (exact) mass is 784 g/mol. The van der Waals surface area contributed by atoms with Gasteiger partial charge in [0.15, 0.2) is 0 Å². The highest BCUT2D eigenvalue weighted by Crippen LogP contribution is 2.44. The van der Waals surface area contributed by atoms with Crippen molar-refractivity contribution in [2.75, 3.05) is 0 Å². The number of rotatable bonds is 4. The van der Waals surface area contributed by atoms with Crippen molar-refractivity contribution in [3.05, 3.63) is 219 Å². The summed E-state index contributed by atoms with van der Waals surface area (Å²) in [6, 6.07) is 77.5. The van der Waals surface area contributed by atoms with Gasteiger partial charge in [0.25, 0.3) is 0 Å². The molecule has 13 aromatic rings. The van der Waals surface area contributed by atoms with Crippen LogP contribution in [0.25, 0.3) is 131 Å². The molecule has 0 bridgehead atoms. The molecule has 0 saturated heterocycles. The molecule has 0 spiro atoms. The lowest BCUT2D eigenvalue weighted by molar-refractivity contribution is 1.33. The van der Waals surface area contributed by atoms with Gasteiger partial charge in [-0.2, -0.15) is 0 Å². The minimum absolute atomic E-state index is 0.947. The summed E-state index contributed by atoms with van der Waals surface area (Å²) in [5.74, 6) is 0. The lowest BCUT2D eigenvalue weighted by Crippen LogP contribution is -1.94. The smallest absolute Gasteiger partial charge is 0.0794 e. The molecular formula is C60H36N2. The maximum atomic E-state index is 5.62. The fourth-order valence-electron chi connectivity index (χ4n) is 10.2. The highest BCUT2D eigenvalue weighted by Gasteiger charge is 2.19. The first-order valence-corrected chi connectivity index (χ1v) is 21.3. The van der Waals surface area contributed by atoms with Gasteiger partial charge < -0.3 is 0 Å². The van der Waals surface area contributed by atoms with Crippen LogP contribution in [0.1, 0.15) is 0 Å². The number of pyridine rings is 2. The normalized spacial score (nSPS) is 11.9. The Balaban J connectivity index is 1.08. The molecule has 0 aliphatic heterocycles. The standard InChI is InChI=1S/C60H36N2/c1-3-17-45-41(13-1)43-15-5-7-19-47(43)55-33-39(28-30-50(45)55)53-35-57-54(37-24-26-38(27-25-37)58-23-11-12-32-61-58)36-59(62-60(57)52-22-10-9-21-49(52)53)40-29-31-51-46-18-4-2-14-42(46)44-16-6-8-20-48(44)56(51)34-40/h1-36H. The summed E-state index contributed by atoms with van der Waals surface area (Å²) in [5, 5.41) is 18.6. The van der Waals surface area contributed by atoms with Crippen molar-refractivity contribution in [1.82, 2.24) is 9.97 Å². The third kappa shape index (κ3) is 5.30. The van der Waals surface area contributed by atoms with E-state index in [0.717, 1.165) is 49.9 Å². The van der Waals surface area contributed by atoms with Crippen molar-refractivity contribution in [2.24, 2.45) is 0 Å². The molecule has 11 aromatic carbocycles. The van der Waals surface area contributed by atoms with Crippen LogP contribution in [-0.2, 0) is 0 Å². The number of benzene rings is 11. The second kappa shape index (κ2) is 13.7. The molecule has 62 heavy (non-hydrogen) atoms. The van der Waals surface area contributed by atoms with Crippen LogP contribution in [0.15, 0.2) is 219 Å². The molecule has 0 saturated carbocycles. The van der Waals surface area contributed by atoms with E-state index >= 15 is 0 Å². The maximum absolute atomic E-state index is 5.62. The second-order valence-corrected chi connectivity index (χ2v) is 16.4. The van der Waals surface area contributed by atoms with Crippen molar-refractivity contribution in [3.63, 3.8) is 0 Å². The van der Waals surface area contributed by atoms with Crippen molar-refractivity contribution >= 4 is 86.3 Å². The van der Waals surface area contributed by atoms with Gasteiger partial charge in [0.1, 0.15) is 0 Å². The Kier molecular flexibility index (Phi) is 7.64. The summed E-state index contributed by atoms with van der Waals surface area (Å²) in [5.41, 5.74) is 9.73. The Bertz CT molecular complexity index is 3890. The molecule has 2 nitrogen and oxygen atoms in total. The minimum Gasteiger partial charge on any atom is -0.256 e. The number of nitrogens with zero attached hydrogens (tertiary/aromatic N) is 2. The summed E-state index contributed by atoms with van der Waals surface area (Å²) in [4.78, 5) is 10.3. The molecule has 0 atom stereocenters. The Morgan fingerprint density at radius 2 is 0.629 bits per heavy atom. The van der Waals surface area contributed by atoms with Crippen molar-refractivity contribution in [2.45, 2.75) is 0 Å². The SMILES string of the molecule is c1ccc(-c2ccc(-c3cc(-c4ccc5c6ccccc6c6ccccc6c5c4)nc4c3cc(-c3ccc5c6ccccc6c6ccccc6c5c3)c3ccccc34)cc2)nc1. The highest BCUT2D eigenvalue weighted by atomic mass is 14.7. The van der Waals surface area contributed by atoms with E-state index in [9.17, 15) is 0 Å². The van der Waals surface area contributed by atoms with Gasteiger partial charge in [-0.05, 0) is 129 Å². The van der Waals surface area contributed by atoms with Crippen LogP contribution in [-0.4, -0.2) is 9.97 Å². The average molecular weight is 785 g/mol. The van der Waals surface area contributed by atoms with Gasteiger partial charge in [-0.3, -0.25) is 4.98 Å². The van der Waals surface area contributed by atoms with E-state index in [1.165, 1.54) is 81.1 Å². The zero-order valence-corrected chi connectivity index (χ0v) is 33.7. The van der Waals surface area contributed by atoms with Gasteiger partial charge in [0, 0.05) is 28.1 Å².